The van der Waals surface area contributed by atoms with Crippen LogP contribution in [0.2, 0.25) is 0 Å². The lowest BCUT2D eigenvalue weighted by Crippen LogP contribution is -2.43. The van der Waals surface area contributed by atoms with Gasteiger partial charge in [-0.1, -0.05) is 6.42 Å². The zero-order chi connectivity index (χ0) is 14.7. The molecule has 112 valence electrons. The molecule has 3 rings (SSSR count). The lowest BCUT2D eigenvalue weighted by atomic mass is 9.69. The van der Waals surface area contributed by atoms with Crippen molar-refractivity contribution in [1.29, 1.82) is 0 Å². The van der Waals surface area contributed by atoms with Crippen LogP contribution in [0.3, 0.4) is 0 Å². The summed E-state index contributed by atoms with van der Waals surface area (Å²) < 4.78 is 5.50. The average molecular weight is 280 g/mol. The Morgan fingerprint density at radius 3 is 2.05 bits per heavy atom. The van der Waals surface area contributed by atoms with Crippen LogP contribution in [0.4, 0.5) is 0 Å². The number of carboxylic acid groups (broad SMARTS) is 1. The highest BCUT2D eigenvalue weighted by molar-refractivity contribution is 5.83. The van der Waals surface area contributed by atoms with Crippen molar-refractivity contribution in [2.24, 2.45) is 35.5 Å². The minimum atomic E-state index is -0.807. The van der Waals surface area contributed by atoms with Crippen LogP contribution >= 0.6 is 0 Å². The van der Waals surface area contributed by atoms with Gasteiger partial charge in [-0.05, 0) is 63.7 Å². The van der Waals surface area contributed by atoms with Gasteiger partial charge in [0, 0.05) is 0 Å². The van der Waals surface area contributed by atoms with E-state index >= 15 is 0 Å². The summed E-state index contributed by atoms with van der Waals surface area (Å²) in [7, 11) is 0. The molecule has 0 aromatic heterocycles. The molecule has 0 radical (unpaired) electrons. The third-order valence-electron chi connectivity index (χ3n) is 5.54. The monoisotopic (exact) mass is 280 g/mol. The van der Waals surface area contributed by atoms with Gasteiger partial charge in [0.15, 0.2) is 0 Å². The van der Waals surface area contributed by atoms with Gasteiger partial charge in [-0.25, -0.2) is 0 Å². The van der Waals surface area contributed by atoms with Gasteiger partial charge in [0.25, 0.3) is 0 Å². The van der Waals surface area contributed by atoms with E-state index in [0.29, 0.717) is 11.8 Å². The number of aliphatic carboxylic acids is 1. The predicted molar refractivity (Wildman–Crippen MR) is 72.9 cm³/mol. The number of carboxylic acids is 1. The zero-order valence-corrected chi connectivity index (χ0v) is 12.5. The fourth-order valence-electron chi connectivity index (χ4n) is 5.13. The van der Waals surface area contributed by atoms with E-state index < -0.39 is 23.4 Å². The van der Waals surface area contributed by atoms with E-state index in [-0.39, 0.29) is 17.8 Å². The molecule has 4 heteroatoms. The number of carbonyl (C=O) groups is 2. The molecular weight excluding hydrogens is 256 g/mol. The van der Waals surface area contributed by atoms with Crippen molar-refractivity contribution >= 4 is 11.9 Å². The van der Waals surface area contributed by atoms with E-state index in [2.05, 4.69) is 0 Å². The van der Waals surface area contributed by atoms with Crippen LogP contribution in [0.1, 0.15) is 46.5 Å². The fourth-order valence-corrected chi connectivity index (χ4v) is 5.13. The van der Waals surface area contributed by atoms with E-state index in [1.165, 1.54) is 6.42 Å². The summed E-state index contributed by atoms with van der Waals surface area (Å²) in [5.41, 5.74) is -0.545. The molecule has 1 N–H and O–H groups in total. The van der Waals surface area contributed by atoms with Crippen LogP contribution in [0, 0.1) is 35.5 Å². The SMILES string of the molecule is CC(C)(C)OC(=O)C1C2CC(C3CCCC32)C1C(=O)O. The summed E-state index contributed by atoms with van der Waals surface area (Å²) in [4.78, 5) is 24.1. The topological polar surface area (TPSA) is 63.6 Å². The molecular formula is C16H24O4. The fraction of sp³-hybridized carbons (Fsp3) is 0.875. The third-order valence-corrected chi connectivity index (χ3v) is 5.54. The molecule has 0 heterocycles. The lowest BCUT2D eigenvalue weighted by molar-refractivity contribution is -0.171. The molecule has 6 atom stereocenters. The van der Waals surface area contributed by atoms with Gasteiger partial charge >= 0.3 is 11.9 Å². The molecule has 0 aromatic carbocycles. The Kier molecular flexibility index (Phi) is 3.11. The van der Waals surface area contributed by atoms with Crippen molar-refractivity contribution < 1.29 is 19.4 Å². The summed E-state index contributed by atoms with van der Waals surface area (Å²) in [5, 5.41) is 9.57. The van der Waals surface area contributed by atoms with Crippen LogP contribution in [0.25, 0.3) is 0 Å². The Balaban J connectivity index is 1.85. The summed E-state index contributed by atoms with van der Waals surface area (Å²) in [6.45, 7) is 5.52. The number of carbonyl (C=O) groups excluding carboxylic acids is 1. The van der Waals surface area contributed by atoms with Gasteiger partial charge < -0.3 is 9.84 Å². The van der Waals surface area contributed by atoms with E-state index in [1.807, 2.05) is 20.8 Å². The molecule has 3 saturated carbocycles. The van der Waals surface area contributed by atoms with Crippen molar-refractivity contribution in [3.8, 4) is 0 Å². The van der Waals surface area contributed by atoms with E-state index in [0.717, 1.165) is 19.3 Å². The Morgan fingerprint density at radius 2 is 1.55 bits per heavy atom. The second-order valence-corrected chi connectivity index (χ2v) is 7.75. The number of fused-ring (bicyclic) bond motifs is 5. The molecule has 4 nitrogen and oxygen atoms in total. The number of hydrogen-bond acceptors (Lipinski definition) is 3. The maximum atomic E-state index is 12.5. The third kappa shape index (κ3) is 2.04. The quantitative estimate of drug-likeness (QED) is 0.790. The van der Waals surface area contributed by atoms with Gasteiger partial charge in [0.05, 0.1) is 11.8 Å². The summed E-state index contributed by atoms with van der Waals surface area (Å²) >= 11 is 0. The molecule has 0 spiro atoms. The summed E-state index contributed by atoms with van der Waals surface area (Å²) in [5.74, 6) is -0.495. The number of ether oxygens (including phenoxy) is 1. The van der Waals surface area contributed by atoms with Crippen molar-refractivity contribution in [3.63, 3.8) is 0 Å². The highest BCUT2D eigenvalue weighted by atomic mass is 16.6. The van der Waals surface area contributed by atoms with Gasteiger partial charge in [-0.15, -0.1) is 0 Å². The maximum Gasteiger partial charge on any atom is 0.310 e. The molecule has 0 saturated heterocycles. The minimum absolute atomic E-state index is 0.197. The van der Waals surface area contributed by atoms with Gasteiger partial charge in [0.2, 0.25) is 0 Å². The Bertz CT molecular complexity index is 436. The highest BCUT2D eigenvalue weighted by Gasteiger charge is 2.63. The maximum absolute atomic E-state index is 12.5. The normalized spacial score (nSPS) is 42.5. The first-order valence-electron chi connectivity index (χ1n) is 7.75. The zero-order valence-electron chi connectivity index (χ0n) is 12.5. The van der Waals surface area contributed by atoms with Crippen molar-refractivity contribution in [3.05, 3.63) is 0 Å². The Morgan fingerprint density at radius 1 is 1.00 bits per heavy atom. The largest absolute Gasteiger partial charge is 0.481 e. The van der Waals surface area contributed by atoms with E-state index in [4.69, 9.17) is 4.74 Å². The molecule has 0 amide bonds. The number of rotatable bonds is 2. The summed E-state index contributed by atoms with van der Waals surface area (Å²) in [6.07, 6.45) is 4.42. The van der Waals surface area contributed by atoms with Crippen LogP contribution in [0.5, 0.6) is 0 Å². The second kappa shape index (κ2) is 4.47. The second-order valence-electron chi connectivity index (χ2n) is 7.75. The molecule has 6 unspecified atom stereocenters. The first-order chi connectivity index (χ1) is 9.29. The van der Waals surface area contributed by atoms with E-state index in [9.17, 15) is 14.7 Å². The first-order valence-corrected chi connectivity index (χ1v) is 7.75. The molecule has 3 aliphatic rings. The van der Waals surface area contributed by atoms with Crippen LogP contribution in [0.15, 0.2) is 0 Å². The lowest BCUT2D eigenvalue weighted by Gasteiger charge is -2.36. The molecule has 20 heavy (non-hydrogen) atoms. The van der Waals surface area contributed by atoms with Gasteiger partial charge in [-0.3, -0.25) is 9.59 Å². The standard InChI is InChI=1S/C16H24O4/c1-16(2,3)20-15(19)13-11-7-10(12(13)14(17)18)8-5-4-6-9(8)11/h8-13H,4-7H2,1-3H3,(H,17,18). The van der Waals surface area contributed by atoms with Crippen molar-refractivity contribution in [1.82, 2.24) is 0 Å². The summed E-state index contributed by atoms with van der Waals surface area (Å²) in [6, 6.07) is 0. The van der Waals surface area contributed by atoms with Crippen molar-refractivity contribution in [2.45, 2.75) is 52.1 Å². The molecule has 0 aliphatic heterocycles. The average Bonchev–Trinajstić information content (AvgIpc) is 2.96. The van der Waals surface area contributed by atoms with Crippen LogP contribution in [-0.4, -0.2) is 22.6 Å². The smallest absolute Gasteiger partial charge is 0.310 e. The van der Waals surface area contributed by atoms with Gasteiger partial charge in [0.1, 0.15) is 5.60 Å². The highest BCUT2D eigenvalue weighted by Crippen LogP contribution is 2.63. The van der Waals surface area contributed by atoms with Gasteiger partial charge in [-0.2, -0.15) is 0 Å². The number of esters is 1. The number of hydrogen-bond donors (Lipinski definition) is 1. The molecule has 2 bridgehead atoms. The molecule has 3 fully saturated rings. The molecule has 0 aromatic rings. The molecule has 3 aliphatic carbocycles. The first kappa shape index (κ1) is 13.9. The Labute approximate surface area is 119 Å². The van der Waals surface area contributed by atoms with Crippen LogP contribution < -0.4 is 0 Å². The minimum Gasteiger partial charge on any atom is -0.481 e. The predicted octanol–water partition coefficient (Wildman–Crippen LogP) is 2.71. The van der Waals surface area contributed by atoms with Crippen molar-refractivity contribution in [2.75, 3.05) is 0 Å². The Hall–Kier alpha value is -1.06. The van der Waals surface area contributed by atoms with Crippen LogP contribution in [-0.2, 0) is 14.3 Å². The van der Waals surface area contributed by atoms with E-state index in [1.54, 1.807) is 0 Å².